The van der Waals surface area contributed by atoms with E-state index in [0.29, 0.717) is 12.8 Å². The van der Waals surface area contributed by atoms with Crippen molar-refractivity contribution in [2.24, 2.45) is 0 Å². The lowest BCUT2D eigenvalue weighted by Crippen LogP contribution is -2.62. The number of nitrogens with one attached hydrogen (secondary N) is 4. The van der Waals surface area contributed by atoms with Crippen molar-refractivity contribution >= 4 is 11.8 Å². The van der Waals surface area contributed by atoms with E-state index in [-0.39, 0.29) is 11.8 Å². The molecule has 1 aliphatic heterocycles. The number of amides is 2. The van der Waals surface area contributed by atoms with Crippen LogP contribution in [0.15, 0.2) is 25.0 Å². The monoisotopic (exact) mass is 274 g/mol. The SMILES string of the molecule is O=C1N[C@H](Cc2cnc[nH]2)C(=O)N[C@H]1Cc1cnc[nH]1. The van der Waals surface area contributed by atoms with Crippen molar-refractivity contribution in [2.75, 3.05) is 0 Å². The molecule has 8 nitrogen and oxygen atoms in total. The zero-order chi connectivity index (χ0) is 13.9. The van der Waals surface area contributed by atoms with Crippen LogP contribution in [0.3, 0.4) is 0 Å². The minimum absolute atomic E-state index is 0.191. The number of nitrogens with zero attached hydrogens (tertiary/aromatic N) is 2. The standard InChI is InChI=1S/C12H14N6O2/c19-11-9(1-7-3-13-5-15-7)17-12(20)10(18-11)2-8-4-14-6-16-8/h3-6,9-10H,1-2H2,(H,13,15)(H,14,16)(H,17,20)(H,18,19)/t9-,10+. The van der Waals surface area contributed by atoms with Gasteiger partial charge in [-0.2, -0.15) is 0 Å². The van der Waals surface area contributed by atoms with E-state index in [9.17, 15) is 9.59 Å². The molecule has 2 amide bonds. The number of hydrogen-bond acceptors (Lipinski definition) is 4. The van der Waals surface area contributed by atoms with Crippen LogP contribution >= 0.6 is 0 Å². The summed E-state index contributed by atoms with van der Waals surface area (Å²) in [6.45, 7) is 0. The summed E-state index contributed by atoms with van der Waals surface area (Å²) in [4.78, 5) is 37.6. The summed E-state index contributed by atoms with van der Waals surface area (Å²) in [5, 5.41) is 5.47. The van der Waals surface area contributed by atoms with E-state index in [1.165, 1.54) is 0 Å². The maximum Gasteiger partial charge on any atom is 0.243 e. The Hall–Kier alpha value is -2.64. The van der Waals surface area contributed by atoms with Crippen molar-refractivity contribution in [2.45, 2.75) is 24.9 Å². The first kappa shape index (κ1) is 12.4. The number of imidazole rings is 2. The first-order valence-electron chi connectivity index (χ1n) is 6.27. The van der Waals surface area contributed by atoms with Crippen LogP contribution in [0, 0.1) is 0 Å². The fraction of sp³-hybridized carbons (Fsp3) is 0.333. The van der Waals surface area contributed by atoms with Gasteiger partial charge in [-0.05, 0) is 0 Å². The number of aromatic amines is 2. The van der Waals surface area contributed by atoms with Gasteiger partial charge in [0.15, 0.2) is 0 Å². The van der Waals surface area contributed by atoms with E-state index in [2.05, 4.69) is 30.6 Å². The van der Waals surface area contributed by atoms with Crippen LogP contribution in [-0.4, -0.2) is 43.8 Å². The third kappa shape index (κ3) is 2.53. The summed E-state index contributed by atoms with van der Waals surface area (Å²) in [6, 6.07) is -1.14. The highest BCUT2D eigenvalue weighted by atomic mass is 16.2. The zero-order valence-corrected chi connectivity index (χ0v) is 10.6. The first-order chi connectivity index (χ1) is 9.72. The number of piperazine rings is 1. The molecule has 104 valence electrons. The minimum atomic E-state index is -0.569. The van der Waals surface area contributed by atoms with Gasteiger partial charge in [-0.15, -0.1) is 0 Å². The summed E-state index contributed by atoms with van der Waals surface area (Å²) in [5.41, 5.74) is 1.61. The average molecular weight is 274 g/mol. The van der Waals surface area contributed by atoms with Crippen molar-refractivity contribution < 1.29 is 9.59 Å². The van der Waals surface area contributed by atoms with Crippen molar-refractivity contribution in [3.63, 3.8) is 0 Å². The van der Waals surface area contributed by atoms with Gasteiger partial charge in [-0.3, -0.25) is 9.59 Å². The molecule has 2 aromatic rings. The van der Waals surface area contributed by atoms with Gasteiger partial charge in [0, 0.05) is 36.6 Å². The highest BCUT2D eigenvalue weighted by Gasteiger charge is 2.33. The molecule has 0 saturated carbocycles. The quantitative estimate of drug-likeness (QED) is 0.566. The molecule has 0 bridgehead atoms. The second kappa shape index (κ2) is 5.16. The molecule has 0 aromatic carbocycles. The van der Waals surface area contributed by atoms with Gasteiger partial charge in [0.1, 0.15) is 12.1 Å². The molecule has 3 rings (SSSR count). The Morgan fingerprint density at radius 1 is 0.850 bits per heavy atom. The van der Waals surface area contributed by atoms with E-state index in [4.69, 9.17) is 0 Å². The normalized spacial score (nSPS) is 22.4. The number of carbonyl (C=O) groups is 2. The number of hydrogen-bond donors (Lipinski definition) is 4. The number of rotatable bonds is 4. The third-order valence-corrected chi connectivity index (χ3v) is 3.22. The van der Waals surface area contributed by atoms with Gasteiger partial charge in [0.05, 0.1) is 12.7 Å². The van der Waals surface area contributed by atoms with Gasteiger partial charge in [-0.25, -0.2) is 9.97 Å². The van der Waals surface area contributed by atoms with Crippen molar-refractivity contribution in [1.29, 1.82) is 0 Å². The molecule has 2 aromatic heterocycles. The first-order valence-corrected chi connectivity index (χ1v) is 6.27. The van der Waals surface area contributed by atoms with Crippen LogP contribution in [0.1, 0.15) is 11.4 Å². The number of aromatic nitrogens is 4. The molecular formula is C12H14N6O2. The zero-order valence-electron chi connectivity index (χ0n) is 10.6. The van der Waals surface area contributed by atoms with Crippen LogP contribution < -0.4 is 10.6 Å². The topological polar surface area (TPSA) is 116 Å². The largest absolute Gasteiger partial charge is 0.348 e. The number of H-pyrrole nitrogens is 2. The summed E-state index contributed by atoms with van der Waals surface area (Å²) < 4.78 is 0. The van der Waals surface area contributed by atoms with Gasteiger partial charge >= 0.3 is 0 Å². The van der Waals surface area contributed by atoms with Gasteiger partial charge in [-0.1, -0.05) is 0 Å². The van der Waals surface area contributed by atoms with Gasteiger partial charge < -0.3 is 20.6 Å². The fourth-order valence-corrected chi connectivity index (χ4v) is 2.20. The maximum atomic E-state index is 12.0. The Kier molecular flexibility index (Phi) is 3.20. The van der Waals surface area contributed by atoms with Crippen LogP contribution in [0.5, 0.6) is 0 Å². The van der Waals surface area contributed by atoms with Crippen LogP contribution in [0.2, 0.25) is 0 Å². The lowest BCUT2D eigenvalue weighted by molar-refractivity contribution is -0.136. The maximum absolute atomic E-state index is 12.0. The predicted molar refractivity (Wildman–Crippen MR) is 68.4 cm³/mol. The Bertz CT molecular complexity index is 537. The molecule has 3 heterocycles. The highest BCUT2D eigenvalue weighted by molar-refractivity contribution is 5.97. The van der Waals surface area contributed by atoms with Crippen molar-refractivity contribution in [3.05, 3.63) is 36.4 Å². The fourth-order valence-electron chi connectivity index (χ4n) is 2.20. The second-order valence-electron chi connectivity index (χ2n) is 4.68. The van der Waals surface area contributed by atoms with Crippen LogP contribution in [0.4, 0.5) is 0 Å². The molecule has 1 fully saturated rings. The molecule has 1 aliphatic rings. The van der Waals surface area contributed by atoms with Crippen molar-refractivity contribution in [3.8, 4) is 0 Å². The Morgan fingerprint density at radius 2 is 1.30 bits per heavy atom. The molecule has 1 saturated heterocycles. The molecule has 0 unspecified atom stereocenters. The van der Waals surface area contributed by atoms with E-state index in [1.807, 2.05) is 0 Å². The lowest BCUT2D eigenvalue weighted by atomic mass is 10.0. The smallest absolute Gasteiger partial charge is 0.243 e. The van der Waals surface area contributed by atoms with E-state index < -0.39 is 12.1 Å². The van der Waals surface area contributed by atoms with E-state index in [0.717, 1.165) is 11.4 Å². The van der Waals surface area contributed by atoms with E-state index in [1.54, 1.807) is 25.0 Å². The molecule has 8 heteroatoms. The highest BCUT2D eigenvalue weighted by Crippen LogP contribution is 2.07. The number of carbonyl (C=O) groups excluding carboxylic acids is 2. The van der Waals surface area contributed by atoms with E-state index >= 15 is 0 Å². The summed E-state index contributed by atoms with van der Waals surface area (Å²) in [6.07, 6.45) is 7.15. The van der Waals surface area contributed by atoms with Crippen LogP contribution in [0.25, 0.3) is 0 Å². The predicted octanol–water partition coefficient (Wildman–Crippen LogP) is -1.10. The molecule has 0 aliphatic carbocycles. The van der Waals surface area contributed by atoms with Gasteiger partial charge in [0.25, 0.3) is 0 Å². The molecular weight excluding hydrogens is 260 g/mol. The molecule has 4 N–H and O–H groups in total. The molecule has 0 spiro atoms. The van der Waals surface area contributed by atoms with Gasteiger partial charge in [0.2, 0.25) is 11.8 Å². The summed E-state index contributed by atoms with van der Waals surface area (Å²) >= 11 is 0. The van der Waals surface area contributed by atoms with Crippen molar-refractivity contribution in [1.82, 2.24) is 30.6 Å². The summed E-state index contributed by atoms with van der Waals surface area (Å²) in [5.74, 6) is -0.382. The summed E-state index contributed by atoms with van der Waals surface area (Å²) in [7, 11) is 0. The van der Waals surface area contributed by atoms with Crippen LogP contribution in [-0.2, 0) is 22.4 Å². The molecule has 2 atom stereocenters. The minimum Gasteiger partial charge on any atom is -0.348 e. The second-order valence-corrected chi connectivity index (χ2v) is 4.68. The average Bonchev–Trinajstić information content (AvgIpc) is 3.08. The lowest BCUT2D eigenvalue weighted by Gasteiger charge is -2.29. The third-order valence-electron chi connectivity index (χ3n) is 3.22. The Balaban J connectivity index is 1.64. The Labute approximate surface area is 114 Å². The molecule has 20 heavy (non-hydrogen) atoms. The Morgan fingerprint density at radius 3 is 1.65 bits per heavy atom. The molecule has 0 radical (unpaired) electrons.